The molecule has 1 heterocycles. The Morgan fingerprint density at radius 3 is 2.29 bits per heavy atom. The SMILES string of the molecule is COCc1ccc(C(=O)OCC(=O)Nc2ccc(N3CCCCC3)cc2)cc1. The van der Waals surface area contributed by atoms with E-state index >= 15 is 0 Å². The first-order valence-electron chi connectivity index (χ1n) is 9.55. The molecule has 0 atom stereocenters. The Morgan fingerprint density at radius 2 is 1.64 bits per heavy atom. The second-order valence-electron chi connectivity index (χ2n) is 6.85. The normalized spacial score (nSPS) is 13.8. The number of carbonyl (C=O) groups is 2. The molecule has 148 valence electrons. The Balaban J connectivity index is 1.46. The van der Waals surface area contributed by atoms with Gasteiger partial charge in [0.1, 0.15) is 0 Å². The van der Waals surface area contributed by atoms with E-state index in [0.29, 0.717) is 17.9 Å². The van der Waals surface area contributed by atoms with E-state index < -0.39 is 5.97 Å². The van der Waals surface area contributed by atoms with Crippen LogP contribution in [0, 0.1) is 0 Å². The Bertz CT molecular complexity index is 781. The molecule has 0 aromatic heterocycles. The molecular weight excluding hydrogens is 356 g/mol. The highest BCUT2D eigenvalue weighted by Crippen LogP contribution is 2.21. The zero-order valence-corrected chi connectivity index (χ0v) is 16.1. The number of carbonyl (C=O) groups excluding carboxylic acids is 2. The summed E-state index contributed by atoms with van der Waals surface area (Å²) < 4.78 is 10.1. The van der Waals surface area contributed by atoms with Gasteiger partial charge >= 0.3 is 5.97 Å². The lowest BCUT2D eigenvalue weighted by Crippen LogP contribution is -2.29. The number of benzene rings is 2. The first-order valence-corrected chi connectivity index (χ1v) is 9.55. The van der Waals surface area contributed by atoms with E-state index in [-0.39, 0.29) is 12.5 Å². The van der Waals surface area contributed by atoms with E-state index in [1.54, 1.807) is 31.4 Å². The van der Waals surface area contributed by atoms with Gasteiger partial charge < -0.3 is 19.7 Å². The average molecular weight is 382 g/mol. The first kappa shape index (κ1) is 19.9. The molecule has 0 bridgehead atoms. The van der Waals surface area contributed by atoms with Gasteiger partial charge in [0.05, 0.1) is 12.2 Å². The molecule has 0 saturated carbocycles. The summed E-state index contributed by atoms with van der Waals surface area (Å²) in [5.41, 5.74) is 3.22. The van der Waals surface area contributed by atoms with Gasteiger partial charge in [0.15, 0.2) is 6.61 Å². The van der Waals surface area contributed by atoms with E-state index in [9.17, 15) is 9.59 Å². The average Bonchev–Trinajstić information content (AvgIpc) is 2.74. The maximum absolute atomic E-state index is 12.1. The van der Waals surface area contributed by atoms with Crippen molar-refractivity contribution >= 4 is 23.3 Å². The molecule has 0 radical (unpaired) electrons. The van der Waals surface area contributed by atoms with Gasteiger partial charge in [-0.05, 0) is 61.2 Å². The number of piperidine rings is 1. The second-order valence-corrected chi connectivity index (χ2v) is 6.85. The summed E-state index contributed by atoms with van der Waals surface area (Å²) in [4.78, 5) is 26.5. The smallest absolute Gasteiger partial charge is 0.338 e. The van der Waals surface area contributed by atoms with Gasteiger partial charge in [0.2, 0.25) is 0 Å². The third kappa shape index (κ3) is 5.57. The lowest BCUT2D eigenvalue weighted by Gasteiger charge is -2.28. The summed E-state index contributed by atoms with van der Waals surface area (Å²) >= 11 is 0. The number of hydrogen-bond donors (Lipinski definition) is 1. The summed E-state index contributed by atoms with van der Waals surface area (Å²) in [5, 5.41) is 2.75. The molecule has 2 aromatic rings. The van der Waals surface area contributed by atoms with Crippen LogP contribution in [-0.2, 0) is 20.9 Å². The molecule has 28 heavy (non-hydrogen) atoms. The van der Waals surface area contributed by atoms with Crippen molar-refractivity contribution in [1.82, 2.24) is 0 Å². The molecule has 6 heteroatoms. The van der Waals surface area contributed by atoms with Crippen LogP contribution in [0.4, 0.5) is 11.4 Å². The maximum atomic E-state index is 12.1. The minimum absolute atomic E-state index is 0.327. The van der Waals surface area contributed by atoms with Gasteiger partial charge in [-0.3, -0.25) is 4.79 Å². The van der Waals surface area contributed by atoms with Crippen molar-refractivity contribution in [3.05, 3.63) is 59.7 Å². The zero-order chi connectivity index (χ0) is 19.8. The molecule has 0 aliphatic carbocycles. The first-order chi connectivity index (χ1) is 13.7. The highest BCUT2D eigenvalue weighted by atomic mass is 16.5. The number of methoxy groups -OCH3 is 1. The van der Waals surface area contributed by atoms with Crippen LogP contribution < -0.4 is 10.2 Å². The number of nitrogens with zero attached hydrogens (tertiary/aromatic N) is 1. The molecule has 2 aromatic carbocycles. The van der Waals surface area contributed by atoms with Gasteiger partial charge in [-0.1, -0.05) is 12.1 Å². The highest BCUT2D eigenvalue weighted by molar-refractivity contribution is 5.95. The molecule has 1 saturated heterocycles. The standard InChI is InChI=1S/C22H26N2O4/c1-27-15-17-5-7-18(8-6-17)22(26)28-16-21(25)23-19-9-11-20(12-10-19)24-13-3-2-4-14-24/h5-12H,2-4,13-16H2,1H3,(H,23,25). The van der Waals surface area contributed by atoms with Crippen molar-refractivity contribution in [2.24, 2.45) is 0 Å². The fourth-order valence-corrected chi connectivity index (χ4v) is 3.22. The van der Waals surface area contributed by atoms with Crippen LogP contribution in [0.2, 0.25) is 0 Å². The molecule has 1 aliphatic heterocycles. The Labute approximate surface area is 165 Å². The lowest BCUT2D eigenvalue weighted by molar-refractivity contribution is -0.119. The Kier molecular flexibility index (Phi) is 7.03. The van der Waals surface area contributed by atoms with Crippen molar-refractivity contribution in [2.75, 3.05) is 37.0 Å². The largest absolute Gasteiger partial charge is 0.452 e. The molecule has 1 fully saturated rings. The van der Waals surface area contributed by atoms with Crippen LogP contribution in [0.1, 0.15) is 35.2 Å². The van der Waals surface area contributed by atoms with Gasteiger partial charge in [0, 0.05) is 31.6 Å². The number of ether oxygens (including phenoxy) is 2. The third-order valence-electron chi connectivity index (χ3n) is 4.71. The van der Waals surface area contributed by atoms with Gasteiger partial charge in [-0.2, -0.15) is 0 Å². The summed E-state index contributed by atoms with van der Waals surface area (Å²) in [6.07, 6.45) is 3.73. The van der Waals surface area contributed by atoms with E-state index in [2.05, 4.69) is 10.2 Å². The number of hydrogen-bond acceptors (Lipinski definition) is 5. The van der Waals surface area contributed by atoms with Crippen LogP contribution in [0.5, 0.6) is 0 Å². The quantitative estimate of drug-likeness (QED) is 0.741. The fraction of sp³-hybridized carbons (Fsp3) is 0.364. The minimum atomic E-state index is -0.528. The Morgan fingerprint density at radius 1 is 0.964 bits per heavy atom. The lowest BCUT2D eigenvalue weighted by atomic mass is 10.1. The minimum Gasteiger partial charge on any atom is -0.452 e. The van der Waals surface area contributed by atoms with Gasteiger partial charge in [-0.15, -0.1) is 0 Å². The van der Waals surface area contributed by atoms with Crippen molar-refractivity contribution in [1.29, 1.82) is 0 Å². The fourth-order valence-electron chi connectivity index (χ4n) is 3.22. The summed E-state index contributed by atoms with van der Waals surface area (Å²) in [7, 11) is 1.61. The number of rotatable bonds is 7. The highest BCUT2D eigenvalue weighted by Gasteiger charge is 2.12. The molecule has 1 N–H and O–H groups in total. The molecule has 1 aliphatic rings. The molecule has 6 nitrogen and oxygen atoms in total. The number of amides is 1. The molecule has 1 amide bonds. The number of esters is 1. The predicted molar refractivity (Wildman–Crippen MR) is 109 cm³/mol. The van der Waals surface area contributed by atoms with Crippen molar-refractivity contribution in [2.45, 2.75) is 25.9 Å². The van der Waals surface area contributed by atoms with Crippen molar-refractivity contribution < 1.29 is 19.1 Å². The molecule has 0 spiro atoms. The maximum Gasteiger partial charge on any atom is 0.338 e. The topological polar surface area (TPSA) is 67.9 Å². The van der Waals surface area contributed by atoms with Crippen LogP contribution in [0.3, 0.4) is 0 Å². The van der Waals surface area contributed by atoms with Gasteiger partial charge in [0.25, 0.3) is 5.91 Å². The van der Waals surface area contributed by atoms with E-state index in [1.165, 1.54) is 24.9 Å². The summed E-state index contributed by atoms with van der Waals surface area (Å²) in [6.45, 7) is 2.31. The monoisotopic (exact) mass is 382 g/mol. The van der Waals surface area contributed by atoms with Crippen LogP contribution >= 0.6 is 0 Å². The number of nitrogens with one attached hydrogen (secondary N) is 1. The third-order valence-corrected chi connectivity index (χ3v) is 4.71. The van der Waals surface area contributed by atoms with Crippen LogP contribution in [0.25, 0.3) is 0 Å². The zero-order valence-electron chi connectivity index (χ0n) is 16.1. The van der Waals surface area contributed by atoms with Gasteiger partial charge in [-0.25, -0.2) is 4.79 Å². The Hall–Kier alpha value is -2.86. The van der Waals surface area contributed by atoms with Crippen LogP contribution in [-0.4, -0.2) is 38.7 Å². The van der Waals surface area contributed by atoms with Crippen molar-refractivity contribution in [3.8, 4) is 0 Å². The predicted octanol–water partition coefficient (Wildman–Crippen LogP) is 3.62. The van der Waals surface area contributed by atoms with Crippen molar-refractivity contribution in [3.63, 3.8) is 0 Å². The second kappa shape index (κ2) is 9.90. The molecule has 0 unspecified atom stereocenters. The van der Waals surface area contributed by atoms with E-state index in [1.807, 2.05) is 24.3 Å². The number of anilines is 2. The van der Waals surface area contributed by atoms with E-state index in [4.69, 9.17) is 9.47 Å². The summed E-state index contributed by atoms with van der Waals surface area (Å²) in [5.74, 6) is -0.894. The van der Waals surface area contributed by atoms with Crippen LogP contribution in [0.15, 0.2) is 48.5 Å². The molecule has 3 rings (SSSR count). The molecular formula is C22H26N2O4. The summed E-state index contributed by atoms with van der Waals surface area (Å²) in [6, 6.07) is 14.7. The van der Waals surface area contributed by atoms with E-state index in [0.717, 1.165) is 18.7 Å².